The summed E-state index contributed by atoms with van der Waals surface area (Å²) in [5, 5.41) is 3.15. The number of piperidine rings is 1. The molecule has 0 aliphatic carbocycles. The first-order chi connectivity index (χ1) is 8.19. The molecular formula is C13H27N3O. The van der Waals surface area contributed by atoms with E-state index in [1.807, 2.05) is 0 Å². The molecule has 0 spiro atoms. The van der Waals surface area contributed by atoms with Gasteiger partial charge in [0.2, 0.25) is 5.91 Å². The summed E-state index contributed by atoms with van der Waals surface area (Å²) in [7, 11) is 0. The number of hydrogen-bond acceptors (Lipinski definition) is 3. The molecule has 4 heteroatoms. The first-order valence-electron chi connectivity index (χ1n) is 6.91. The van der Waals surface area contributed by atoms with Gasteiger partial charge < -0.3 is 16.0 Å². The molecule has 1 amide bonds. The van der Waals surface area contributed by atoms with Gasteiger partial charge in [0.1, 0.15) is 0 Å². The van der Waals surface area contributed by atoms with Gasteiger partial charge in [-0.15, -0.1) is 0 Å². The lowest BCUT2D eigenvalue weighted by Gasteiger charge is -2.32. The van der Waals surface area contributed by atoms with Crippen LogP contribution in [0.3, 0.4) is 0 Å². The Bertz CT molecular complexity index is 229. The van der Waals surface area contributed by atoms with E-state index in [9.17, 15) is 4.79 Å². The van der Waals surface area contributed by atoms with Gasteiger partial charge in [-0.05, 0) is 38.4 Å². The van der Waals surface area contributed by atoms with Crippen LogP contribution in [-0.2, 0) is 4.79 Å². The second-order valence-electron chi connectivity index (χ2n) is 5.01. The molecule has 4 nitrogen and oxygen atoms in total. The van der Waals surface area contributed by atoms with Crippen molar-refractivity contribution >= 4 is 5.91 Å². The zero-order chi connectivity index (χ0) is 12.7. The fourth-order valence-electron chi connectivity index (χ4n) is 2.40. The van der Waals surface area contributed by atoms with Crippen LogP contribution in [0.1, 0.15) is 39.5 Å². The highest BCUT2D eigenvalue weighted by molar-refractivity contribution is 5.76. The number of hydrogen-bond donors (Lipinski definition) is 2. The molecule has 1 aliphatic rings. The quantitative estimate of drug-likeness (QED) is 0.728. The van der Waals surface area contributed by atoms with E-state index < -0.39 is 0 Å². The SMILES string of the molecule is CCC(CN)CC(=O)NC1CCCN(CC)C1. The Morgan fingerprint density at radius 2 is 2.29 bits per heavy atom. The maximum absolute atomic E-state index is 11.8. The van der Waals surface area contributed by atoms with Crippen LogP contribution < -0.4 is 11.1 Å². The molecule has 2 unspecified atom stereocenters. The first kappa shape index (κ1) is 14.5. The summed E-state index contributed by atoms with van der Waals surface area (Å²) in [5.74, 6) is 0.506. The molecule has 0 aromatic carbocycles. The molecule has 0 aromatic rings. The molecule has 1 aliphatic heterocycles. The van der Waals surface area contributed by atoms with Crippen molar-refractivity contribution in [2.24, 2.45) is 11.7 Å². The molecule has 1 rings (SSSR count). The standard InChI is InChI=1S/C13H27N3O/c1-3-11(9-14)8-13(17)15-12-6-5-7-16(4-2)10-12/h11-12H,3-10,14H2,1-2H3,(H,15,17). The van der Waals surface area contributed by atoms with Crippen molar-refractivity contribution in [3.8, 4) is 0 Å². The normalized spacial score (nSPS) is 23.4. The summed E-state index contributed by atoms with van der Waals surface area (Å²) in [6, 6.07) is 0.339. The maximum Gasteiger partial charge on any atom is 0.220 e. The molecular weight excluding hydrogens is 214 g/mol. The van der Waals surface area contributed by atoms with Crippen LogP contribution in [0.5, 0.6) is 0 Å². The second kappa shape index (κ2) is 7.67. The Labute approximate surface area is 105 Å². The molecule has 0 saturated carbocycles. The minimum Gasteiger partial charge on any atom is -0.352 e. The number of likely N-dealkylation sites (tertiary alicyclic amines) is 1. The summed E-state index contributed by atoms with van der Waals surface area (Å²) in [4.78, 5) is 14.2. The Kier molecular flexibility index (Phi) is 6.52. The average molecular weight is 241 g/mol. The highest BCUT2D eigenvalue weighted by Crippen LogP contribution is 2.11. The van der Waals surface area contributed by atoms with Crippen LogP contribution in [0.15, 0.2) is 0 Å². The summed E-state index contributed by atoms with van der Waals surface area (Å²) < 4.78 is 0. The van der Waals surface area contributed by atoms with Crippen LogP contribution in [0.4, 0.5) is 0 Å². The van der Waals surface area contributed by atoms with E-state index >= 15 is 0 Å². The van der Waals surface area contributed by atoms with Gasteiger partial charge >= 0.3 is 0 Å². The van der Waals surface area contributed by atoms with Crippen LogP contribution in [0.2, 0.25) is 0 Å². The Hall–Kier alpha value is -0.610. The smallest absolute Gasteiger partial charge is 0.220 e. The number of rotatable bonds is 6. The molecule has 1 saturated heterocycles. The third kappa shape index (κ3) is 5.04. The van der Waals surface area contributed by atoms with Crippen LogP contribution in [0.25, 0.3) is 0 Å². The van der Waals surface area contributed by atoms with Crippen molar-refractivity contribution in [3.63, 3.8) is 0 Å². The number of nitrogens with one attached hydrogen (secondary N) is 1. The second-order valence-corrected chi connectivity index (χ2v) is 5.01. The zero-order valence-corrected chi connectivity index (χ0v) is 11.2. The zero-order valence-electron chi connectivity index (χ0n) is 11.2. The molecule has 1 fully saturated rings. The topological polar surface area (TPSA) is 58.4 Å². The first-order valence-corrected chi connectivity index (χ1v) is 6.91. The number of amides is 1. The highest BCUT2D eigenvalue weighted by Gasteiger charge is 2.21. The predicted octanol–water partition coefficient (Wildman–Crippen LogP) is 0.962. The molecule has 0 bridgehead atoms. The number of nitrogens with zero attached hydrogens (tertiary/aromatic N) is 1. The highest BCUT2D eigenvalue weighted by atomic mass is 16.1. The molecule has 1 heterocycles. The van der Waals surface area contributed by atoms with Crippen molar-refractivity contribution in [1.29, 1.82) is 0 Å². The summed E-state index contributed by atoms with van der Waals surface area (Å²) >= 11 is 0. The third-order valence-corrected chi connectivity index (χ3v) is 3.70. The fraction of sp³-hybridized carbons (Fsp3) is 0.923. The Morgan fingerprint density at radius 3 is 2.88 bits per heavy atom. The van der Waals surface area contributed by atoms with E-state index in [4.69, 9.17) is 5.73 Å². The Morgan fingerprint density at radius 1 is 1.53 bits per heavy atom. The van der Waals surface area contributed by atoms with Gasteiger partial charge in [0.05, 0.1) is 0 Å². The summed E-state index contributed by atoms with van der Waals surface area (Å²) in [5.41, 5.74) is 5.62. The fourth-order valence-corrected chi connectivity index (χ4v) is 2.40. The average Bonchev–Trinajstić information content (AvgIpc) is 2.36. The van der Waals surface area contributed by atoms with E-state index in [2.05, 4.69) is 24.1 Å². The van der Waals surface area contributed by atoms with Gasteiger partial charge in [0, 0.05) is 19.0 Å². The minimum absolute atomic E-state index is 0.172. The van der Waals surface area contributed by atoms with E-state index in [1.165, 1.54) is 13.0 Å². The van der Waals surface area contributed by atoms with Crippen molar-refractivity contribution in [1.82, 2.24) is 10.2 Å². The Balaban J connectivity index is 2.30. The van der Waals surface area contributed by atoms with E-state index in [0.29, 0.717) is 24.9 Å². The van der Waals surface area contributed by atoms with Crippen LogP contribution in [-0.4, -0.2) is 43.0 Å². The van der Waals surface area contributed by atoms with E-state index in [-0.39, 0.29) is 5.91 Å². The lowest BCUT2D eigenvalue weighted by molar-refractivity contribution is -0.123. The van der Waals surface area contributed by atoms with Crippen LogP contribution in [0, 0.1) is 5.92 Å². The molecule has 100 valence electrons. The molecule has 17 heavy (non-hydrogen) atoms. The maximum atomic E-state index is 11.8. The monoisotopic (exact) mass is 241 g/mol. The van der Waals surface area contributed by atoms with E-state index in [0.717, 1.165) is 25.9 Å². The van der Waals surface area contributed by atoms with Crippen molar-refractivity contribution in [2.75, 3.05) is 26.2 Å². The van der Waals surface area contributed by atoms with Crippen molar-refractivity contribution < 1.29 is 4.79 Å². The van der Waals surface area contributed by atoms with Crippen LogP contribution >= 0.6 is 0 Å². The van der Waals surface area contributed by atoms with Gasteiger partial charge in [-0.2, -0.15) is 0 Å². The van der Waals surface area contributed by atoms with Gasteiger partial charge in [0.15, 0.2) is 0 Å². The van der Waals surface area contributed by atoms with E-state index in [1.54, 1.807) is 0 Å². The number of nitrogens with two attached hydrogens (primary N) is 1. The van der Waals surface area contributed by atoms with Gasteiger partial charge in [-0.25, -0.2) is 0 Å². The van der Waals surface area contributed by atoms with Crippen molar-refractivity contribution in [3.05, 3.63) is 0 Å². The van der Waals surface area contributed by atoms with Crippen molar-refractivity contribution in [2.45, 2.75) is 45.6 Å². The molecule has 0 radical (unpaired) electrons. The molecule has 0 aromatic heterocycles. The third-order valence-electron chi connectivity index (χ3n) is 3.70. The summed E-state index contributed by atoms with van der Waals surface area (Å²) in [6.45, 7) is 8.11. The minimum atomic E-state index is 0.172. The number of carbonyl (C=O) groups excluding carboxylic acids is 1. The predicted molar refractivity (Wildman–Crippen MR) is 70.7 cm³/mol. The molecule has 2 atom stereocenters. The lowest BCUT2D eigenvalue weighted by atomic mass is 10.0. The largest absolute Gasteiger partial charge is 0.352 e. The lowest BCUT2D eigenvalue weighted by Crippen LogP contribution is -2.48. The summed E-state index contributed by atoms with van der Waals surface area (Å²) in [6.07, 6.45) is 3.86. The van der Waals surface area contributed by atoms with Gasteiger partial charge in [-0.3, -0.25) is 4.79 Å². The number of likely N-dealkylation sites (N-methyl/N-ethyl adjacent to an activating group) is 1. The van der Waals surface area contributed by atoms with Gasteiger partial charge in [0.25, 0.3) is 0 Å². The van der Waals surface area contributed by atoms with Gasteiger partial charge in [-0.1, -0.05) is 20.3 Å². The molecule has 3 N–H and O–H groups in total. The number of carbonyl (C=O) groups is 1.